The Labute approximate surface area is 195 Å². The first-order chi connectivity index (χ1) is 16.6. The van der Waals surface area contributed by atoms with Gasteiger partial charge in [0.1, 0.15) is 18.2 Å². The molecule has 2 aliphatic rings. The van der Waals surface area contributed by atoms with E-state index in [1.165, 1.54) is 17.1 Å². The fraction of sp³-hybridized carbons (Fsp3) is 0.391. The zero-order valence-electron chi connectivity index (χ0n) is 18.5. The number of nitrogens with zero attached hydrogens (tertiary/aromatic N) is 8. The van der Waals surface area contributed by atoms with Crippen LogP contribution in [-0.4, -0.2) is 80.2 Å². The zero-order chi connectivity index (χ0) is 23.5. The minimum Gasteiger partial charge on any atom is -0.372 e. The van der Waals surface area contributed by atoms with Gasteiger partial charge in [-0.15, -0.1) is 5.10 Å². The molecule has 5 rings (SSSR count). The summed E-state index contributed by atoms with van der Waals surface area (Å²) in [5, 5.41) is 20.4. The standard InChI is InChI=1S/C23H23FN8O2/c24-21-4-3-19-18(20(21)12-25)5-10-34-22(19)14-30-6-8-31(9-7-30)23(33)11-16-1-2-17(13-26-16)32-15-27-28-29-32/h1-4,13,15,22H,5-11,14H2. The van der Waals surface area contributed by atoms with Crippen LogP contribution in [0.1, 0.15) is 28.5 Å². The largest absolute Gasteiger partial charge is 0.372 e. The van der Waals surface area contributed by atoms with Crippen molar-refractivity contribution in [1.29, 1.82) is 5.26 Å². The van der Waals surface area contributed by atoms with Crippen molar-refractivity contribution in [2.45, 2.75) is 18.9 Å². The minimum atomic E-state index is -0.478. The predicted octanol–water partition coefficient (Wildman–Crippen LogP) is 1.07. The highest BCUT2D eigenvalue weighted by Gasteiger charge is 2.29. The van der Waals surface area contributed by atoms with Crippen molar-refractivity contribution in [2.75, 3.05) is 39.3 Å². The third-order valence-corrected chi connectivity index (χ3v) is 6.33. The van der Waals surface area contributed by atoms with Crippen molar-refractivity contribution in [2.24, 2.45) is 0 Å². The molecule has 2 aromatic heterocycles. The summed E-state index contributed by atoms with van der Waals surface area (Å²) in [4.78, 5) is 21.2. The Morgan fingerprint density at radius 1 is 1.21 bits per heavy atom. The first kappa shape index (κ1) is 22.1. The Morgan fingerprint density at radius 3 is 2.76 bits per heavy atom. The van der Waals surface area contributed by atoms with Gasteiger partial charge in [-0.3, -0.25) is 14.7 Å². The number of ether oxygens (including phenoxy) is 1. The minimum absolute atomic E-state index is 0.0377. The van der Waals surface area contributed by atoms with Gasteiger partial charge in [0.2, 0.25) is 5.91 Å². The van der Waals surface area contributed by atoms with E-state index in [1.807, 2.05) is 17.0 Å². The molecule has 11 heteroatoms. The highest BCUT2D eigenvalue weighted by Crippen LogP contribution is 2.31. The number of amides is 1. The number of pyridine rings is 1. The van der Waals surface area contributed by atoms with Crippen molar-refractivity contribution in [1.82, 2.24) is 35.0 Å². The van der Waals surface area contributed by atoms with E-state index in [1.54, 1.807) is 18.3 Å². The van der Waals surface area contributed by atoms with Crippen LogP contribution in [0.2, 0.25) is 0 Å². The van der Waals surface area contributed by atoms with Crippen LogP contribution in [0.5, 0.6) is 0 Å². The van der Waals surface area contributed by atoms with Crippen LogP contribution in [0, 0.1) is 17.1 Å². The Kier molecular flexibility index (Phi) is 6.24. The molecule has 2 aliphatic heterocycles. The number of hydrogen-bond donors (Lipinski definition) is 0. The maximum atomic E-state index is 14.0. The summed E-state index contributed by atoms with van der Waals surface area (Å²) in [6.07, 6.45) is 3.69. The van der Waals surface area contributed by atoms with Crippen LogP contribution < -0.4 is 0 Å². The van der Waals surface area contributed by atoms with Gasteiger partial charge < -0.3 is 9.64 Å². The summed E-state index contributed by atoms with van der Waals surface area (Å²) < 4.78 is 21.5. The number of nitriles is 1. The van der Waals surface area contributed by atoms with E-state index in [4.69, 9.17) is 4.74 Å². The van der Waals surface area contributed by atoms with Crippen LogP contribution in [0.3, 0.4) is 0 Å². The quantitative estimate of drug-likeness (QED) is 0.553. The second-order valence-corrected chi connectivity index (χ2v) is 8.33. The van der Waals surface area contributed by atoms with Crippen LogP contribution >= 0.6 is 0 Å². The Hall–Kier alpha value is -3.75. The number of benzene rings is 1. The highest BCUT2D eigenvalue weighted by atomic mass is 19.1. The Morgan fingerprint density at radius 2 is 2.06 bits per heavy atom. The molecule has 0 bridgehead atoms. The number of hydrogen-bond acceptors (Lipinski definition) is 8. The number of carbonyl (C=O) groups excluding carboxylic acids is 1. The van der Waals surface area contributed by atoms with E-state index in [0.29, 0.717) is 38.4 Å². The van der Waals surface area contributed by atoms with Gasteiger partial charge >= 0.3 is 0 Å². The molecule has 1 atom stereocenters. The molecule has 1 fully saturated rings. The molecular formula is C23H23FN8O2. The van der Waals surface area contributed by atoms with E-state index >= 15 is 0 Å². The van der Waals surface area contributed by atoms with Gasteiger partial charge in [-0.1, -0.05) is 6.07 Å². The molecule has 1 amide bonds. The first-order valence-electron chi connectivity index (χ1n) is 11.1. The molecule has 0 saturated carbocycles. The summed E-state index contributed by atoms with van der Waals surface area (Å²) in [7, 11) is 0. The number of carbonyl (C=O) groups is 1. The fourth-order valence-corrected chi connectivity index (χ4v) is 4.49. The SMILES string of the molecule is N#Cc1c(F)ccc2c1CCOC2CN1CCN(C(=O)Cc2ccc(-n3cnnn3)cn2)CC1. The monoisotopic (exact) mass is 462 g/mol. The lowest BCUT2D eigenvalue weighted by molar-refractivity contribution is -0.132. The number of fused-ring (bicyclic) bond motifs is 1. The van der Waals surface area contributed by atoms with Gasteiger partial charge in [-0.05, 0) is 46.2 Å². The molecule has 0 N–H and O–H groups in total. The highest BCUT2D eigenvalue weighted by molar-refractivity contribution is 5.78. The van der Waals surface area contributed by atoms with Gasteiger partial charge in [0.05, 0.1) is 36.6 Å². The van der Waals surface area contributed by atoms with Crippen molar-refractivity contribution < 1.29 is 13.9 Å². The zero-order valence-corrected chi connectivity index (χ0v) is 18.5. The van der Waals surface area contributed by atoms with Crippen molar-refractivity contribution in [3.63, 3.8) is 0 Å². The van der Waals surface area contributed by atoms with Crippen molar-refractivity contribution in [3.8, 4) is 11.8 Å². The lowest BCUT2D eigenvalue weighted by Gasteiger charge is -2.37. The molecule has 10 nitrogen and oxygen atoms in total. The van der Waals surface area contributed by atoms with Gasteiger partial charge in [-0.2, -0.15) is 9.94 Å². The number of tetrazole rings is 1. The molecule has 4 heterocycles. The smallest absolute Gasteiger partial charge is 0.228 e. The van der Waals surface area contributed by atoms with E-state index in [0.717, 1.165) is 29.9 Å². The molecule has 3 aromatic rings. The Balaban J connectivity index is 1.15. The third kappa shape index (κ3) is 4.50. The molecule has 0 radical (unpaired) electrons. The molecule has 0 aliphatic carbocycles. The molecular weight excluding hydrogens is 439 g/mol. The van der Waals surface area contributed by atoms with Crippen LogP contribution in [0.25, 0.3) is 5.69 Å². The van der Waals surface area contributed by atoms with E-state index in [2.05, 4.69) is 25.4 Å². The van der Waals surface area contributed by atoms with Crippen molar-refractivity contribution in [3.05, 3.63) is 65.0 Å². The van der Waals surface area contributed by atoms with Gasteiger partial charge in [0.25, 0.3) is 0 Å². The average Bonchev–Trinajstić information content (AvgIpc) is 3.40. The normalized spacial score (nSPS) is 18.4. The number of piperazine rings is 1. The van der Waals surface area contributed by atoms with E-state index in [-0.39, 0.29) is 24.0 Å². The average molecular weight is 462 g/mol. The lowest BCUT2D eigenvalue weighted by atomic mass is 9.92. The maximum Gasteiger partial charge on any atom is 0.228 e. The number of aromatic nitrogens is 5. The third-order valence-electron chi connectivity index (χ3n) is 6.33. The fourth-order valence-electron chi connectivity index (χ4n) is 4.49. The van der Waals surface area contributed by atoms with Crippen LogP contribution in [0.15, 0.2) is 36.8 Å². The maximum absolute atomic E-state index is 14.0. The topological polar surface area (TPSA) is 113 Å². The van der Waals surface area contributed by atoms with Crippen LogP contribution in [0.4, 0.5) is 4.39 Å². The van der Waals surface area contributed by atoms with Gasteiger partial charge in [-0.25, -0.2) is 4.39 Å². The molecule has 0 spiro atoms. The summed E-state index contributed by atoms with van der Waals surface area (Å²) in [5.41, 5.74) is 3.19. The van der Waals surface area contributed by atoms with Crippen molar-refractivity contribution >= 4 is 5.91 Å². The molecule has 1 saturated heterocycles. The summed E-state index contributed by atoms with van der Waals surface area (Å²) in [6, 6.07) is 8.70. The number of halogens is 1. The first-order valence-corrected chi connectivity index (χ1v) is 11.1. The summed E-state index contributed by atoms with van der Waals surface area (Å²) in [6.45, 7) is 3.79. The van der Waals surface area contributed by atoms with Crippen LogP contribution in [-0.2, 0) is 22.4 Å². The summed E-state index contributed by atoms with van der Waals surface area (Å²) in [5.74, 6) is -0.440. The number of rotatable bonds is 5. The van der Waals surface area contributed by atoms with Gasteiger partial charge in [0, 0.05) is 38.4 Å². The Bertz CT molecular complexity index is 1200. The van der Waals surface area contributed by atoms with E-state index in [9.17, 15) is 14.4 Å². The molecule has 1 aromatic carbocycles. The second-order valence-electron chi connectivity index (χ2n) is 8.33. The summed E-state index contributed by atoms with van der Waals surface area (Å²) >= 11 is 0. The molecule has 1 unspecified atom stereocenters. The predicted molar refractivity (Wildman–Crippen MR) is 117 cm³/mol. The second kappa shape index (κ2) is 9.62. The lowest BCUT2D eigenvalue weighted by Crippen LogP contribution is -2.50. The molecule has 174 valence electrons. The van der Waals surface area contributed by atoms with Gasteiger partial charge in [0.15, 0.2) is 0 Å². The molecule has 34 heavy (non-hydrogen) atoms. The van der Waals surface area contributed by atoms with E-state index < -0.39 is 5.82 Å².